The van der Waals surface area contributed by atoms with Crippen LogP contribution in [0.1, 0.15) is 11.6 Å². The van der Waals surface area contributed by atoms with Crippen molar-refractivity contribution < 1.29 is 29.0 Å². The first kappa shape index (κ1) is 23.9. The van der Waals surface area contributed by atoms with Crippen LogP contribution in [0.2, 0.25) is 5.02 Å². The fraction of sp³-hybridized carbons (Fsp3) is 0.321. The zero-order valence-electron chi connectivity index (χ0n) is 19.8. The molecule has 1 N–H and O–H groups in total. The van der Waals surface area contributed by atoms with Crippen molar-refractivity contribution in [2.75, 3.05) is 24.7 Å². The van der Waals surface area contributed by atoms with E-state index in [1.54, 1.807) is 65.6 Å². The van der Waals surface area contributed by atoms with E-state index in [2.05, 4.69) is 0 Å². The van der Waals surface area contributed by atoms with Gasteiger partial charge in [-0.15, -0.1) is 0 Å². The maximum Gasteiger partial charge on any atom is 0.313 e. The maximum absolute atomic E-state index is 14.4. The predicted molar refractivity (Wildman–Crippen MR) is 135 cm³/mol. The molecule has 1 unspecified atom stereocenters. The highest BCUT2D eigenvalue weighted by Crippen LogP contribution is 2.55. The van der Waals surface area contributed by atoms with Crippen molar-refractivity contribution in [3.63, 3.8) is 0 Å². The highest BCUT2D eigenvalue weighted by molar-refractivity contribution is 6.30. The van der Waals surface area contributed by atoms with Gasteiger partial charge in [0.2, 0.25) is 5.91 Å². The number of likely N-dealkylation sites (tertiary alicyclic amines) is 1. The number of esters is 1. The molecule has 0 saturated carbocycles. The number of halogens is 1. The molecule has 6 atom stereocenters. The number of cyclic esters (lactones) is 1. The van der Waals surface area contributed by atoms with Gasteiger partial charge in [-0.05, 0) is 35.9 Å². The number of carbonyl (C=O) groups excluding carboxylic acids is 3. The fourth-order valence-electron chi connectivity index (χ4n) is 6.13. The van der Waals surface area contributed by atoms with Crippen LogP contribution in [0.3, 0.4) is 0 Å². The first-order chi connectivity index (χ1) is 18.0. The standard InChI is InChI=1S/C28H25ClN2O6/c29-18-9-11-19(12-10-18)30-14-5-13-28-23(22-21(37-28)8-4-15-36-27(22)35)25(33)31(24(28)26(30)34)20(16-32)17-6-2-1-3-7-17/h1-13,20-24,32H,14-16H2/t20-,21+,22-,23+,24?,28+/m1/s1. The first-order valence-electron chi connectivity index (χ1n) is 12.2. The molecule has 0 bridgehead atoms. The SMILES string of the molecule is O=C1OCC=C[C@@H]2O[C@]34C=CCN(c5ccc(Cl)cc5)C(=O)C3N([C@H](CO)c3ccccc3)C(=O)[C@@H]4[C@H]12. The summed E-state index contributed by atoms with van der Waals surface area (Å²) in [5, 5.41) is 11.0. The van der Waals surface area contributed by atoms with Gasteiger partial charge in [0, 0.05) is 17.3 Å². The number of benzene rings is 2. The van der Waals surface area contributed by atoms with Crippen LogP contribution in [0.15, 0.2) is 78.9 Å². The molecule has 1 spiro atoms. The Balaban J connectivity index is 1.51. The van der Waals surface area contributed by atoms with Gasteiger partial charge in [-0.3, -0.25) is 14.4 Å². The van der Waals surface area contributed by atoms with E-state index >= 15 is 0 Å². The average molecular weight is 521 g/mol. The topological polar surface area (TPSA) is 96.4 Å². The van der Waals surface area contributed by atoms with E-state index in [1.165, 1.54) is 4.90 Å². The number of anilines is 1. The Labute approximate surface area is 218 Å². The van der Waals surface area contributed by atoms with E-state index in [4.69, 9.17) is 21.1 Å². The molecular weight excluding hydrogens is 496 g/mol. The molecule has 4 aliphatic heterocycles. The van der Waals surface area contributed by atoms with Crippen LogP contribution in [0, 0.1) is 11.8 Å². The maximum atomic E-state index is 14.4. The number of nitrogens with zero attached hydrogens (tertiary/aromatic N) is 2. The van der Waals surface area contributed by atoms with Crippen LogP contribution in [0.25, 0.3) is 0 Å². The Morgan fingerprint density at radius 3 is 2.51 bits per heavy atom. The normalized spacial score (nSPS) is 31.4. The summed E-state index contributed by atoms with van der Waals surface area (Å²) in [6, 6.07) is 14.0. The molecular formula is C28H25ClN2O6. The van der Waals surface area contributed by atoms with E-state index in [9.17, 15) is 19.5 Å². The molecule has 2 aromatic rings. The summed E-state index contributed by atoms with van der Waals surface area (Å²) in [5.41, 5.74) is -0.126. The monoisotopic (exact) mass is 520 g/mol. The fourth-order valence-corrected chi connectivity index (χ4v) is 6.25. The number of rotatable bonds is 4. The second-order valence-electron chi connectivity index (χ2n) is 9.58. The quantitative estimate of drug-likeness (QED) is 0.492. The number of amides is 2. The number of aliphatic hydroxyl groups excluding tert-OH is 1. The van der Waals surface area contributed by atoms with Gasteiger partial charge in [-0.2, -0.15) is 0 Å². The first-order valence-corrected chi connectivity index (χ1v) is 12.6. The zero-order chi connectivity index (χ0) is 25.7. The number of aliphatic hydroxyl groups is 1. The molecule has 4 aliphatic rings. The second kappa shape index (κ2) is 9.13. The Morgan fingerprint density at radius 1 is 1.03 bits per heavy atom. The zero-order valence-corrected chi connectivity index (χ0v) is 20.5. The summed E-state index contributed by atoms with van der Waals surface area (Å²) >= 11 is 6.08. The van der Waals surface area contributed by atoms with Crippen molar-refractivity contribution in [2.24, 2.45) is 11.8 Å². The van der Waals surface area contributed by atoms with Gasteiger partial charge >= 0.3 is 5.97 Å². The van der Waals surface area contributed by atoms with E-state index < -0.39 is 54.1 Å². The van der Waals surface area contributed by atoms with Crippen molar-refractivity contribution in [2.45, 2.75) is 23.8 Å². The Hall–Kier alpha value is -3.46. The largest absolute Gasteiger partial charge is 0.461 e. The Kier molecular flexibility index (Phi) is 5.90. The molecule has 0 aromatic heterocycles. The van der Waals surface area contributed by atoms with E-state index in [0.717, 1.165) is 0 Å². The third-order valence-electron chi connectivity index (χ3n) is 7.68. The van der Waals surface area contributed by atoms with Crippen LogP contribution in [0.4, 0.5) is 5.69 Å². The summed E-state index contributed by atoms with van der Waals surface area (Å²) in [4.78, 5) is 44.7. The Morgan fingerprint density at radius 2 is 1.78 bits per heavy atom. The minimum atomic E-state index is -1.41. The van der Waals surface area contributed by atoms with Crippen molar-refractivity contribution >= 4 is 35.1 Å². The van der Waals surface area contributed by atoms with Crippen LogP contribution >= 0.6 is 11.6 Å². The average Bonchev–Trinajstić information content (AvgIpc) is 3.20. The van der Waals surface area contributed by atoms with Crippen LogP contribution in [0.5, 0.6) is 0 Å². The number of hydrogen-bond donors (Lipinski definition) is 1. The predicted octanol–water partition coefficient (Wildman–Crippen LogP) is 2.67. The molecule has 9 heteroatoms. The lowest BCUT2D eigenvalue weighted by atomic mass is 9.78. The minimum Gasteiger partial charge on any atom is -0.461 e. The molecule has 37 heavy (non-hydrogen) atoms. The summed E-state index contributed by atoms with van der Waals surface area (Å²) in [6.07, 6.45) is 6.27. The molecule has 0 aliphatic carbocycles. The summed E-state index contributed by atoms with van der Waals surface area (Å²) in [7, 11) is 0. The highest BCUT2D eigenvalue weighted by atomic mass is 35.5. The second-order valence-corrected chi connectivity index (χ2v) is 10.0. The van der Waals surface area contributed by atoms with Crippen LogP contribution in [-0.4, -0.2) is 65.3 Å². The lowest BCUT2D eigenvalue weighted by molar-refractivity contribution is -0.153. The third-order valence-corrected chi connectivity index (χ3v) is 7.93. The number of fused-ring (bicyclic) bond motifs is 2. The van der Waals surface area contributed by atoms with Crippen LogP contribution < -0.4 is 4.90 Å². The number of carbonyl (C=O) groups is 3. The summed E-state index contributed by atoms with van der Waals surface area (Å²) < 4.78 is 11.9. The molecule has 2 amide bonds. The van der Waals surface area contributed by atoms with Crippen molar-refractivity contribution in [3.05, 3.63) is 89.5 Å². The van der Waals surface area contributed by atoms with Gasteiger partial charge in [-0.25, -0.2) is 0 Å². The molecule has 8 nitrogen and oxygen atoms in total. The summed E-state index contributed by atoms with van der Waals surface area (Å²) in [6.45, 7) is -0.0777. The minimum absolute atomic E-state index is 0.0959. The van der Waals surface area contributed by atoms with Gasteiger partial charge in [-0.1, -0.05) is 60.2 Å². The smallest absolute Gasteiger partial charge is 0.313 e. The summed E-state index contributed by atoms with van der Waals surface area (Å²) in [5.74, 6) is -3.23. The lowest BCUT2D eigenvalue weighted by Crippen LogP contribution is -2.56. The van der Waals surface area contributed by atoms with E-state index in [-0.39, 0.29) is 19.1 Å². The van der Waals surface area contributed by atoms with E-state index in [1.807, 2.05) is 18.2 Å². The van der Waals surface area contributed by atoms with Gasteiger partial charge in [0.15, 0.2) is 0 Å². The van der Waals surface area contributed by atoms with Crippen molar-refractivity contribution in [3.8, 4) is 0 Å². The van der Waals surface area contributed by atoms with Gasteiger partial charge < -0.3 is 24.4 Å². The molecule has 190 valence electrons. The molecule has 2 fully saturated rings. The molecule has 0 radical (unpaired) electrons. The van der Waals surface area contributed by atoms with Gasteiger partial charge in [0.1, 0.15) is 24.2 Å². The van der Waals surface area contributed by atoms with Crippen molar-refractivity contribution in [1.82, 2.24) is 4.90 Å². The molecule has 4 heterocycles. The molecule has 2 aromatic carbocycles. The van der Waals surface area contributed by atoms with Crippen LogP contribution in [-0.2, 0) is 23.9 Å². The number of ether oxygens (including phenoxy) is 2. The highest BCUT2D eigenvalue weighted by Gasteiger charge is 2.72. The molecule has 2 saturated heterocycles. The molecule has 6 rings (SSSR count). The van der Waals surface area contributed by atoms with Gasteiger partial charge in [0.25, 0.3) is 5.91 Å². The van der Waals surface area contributed by atoms with Crippen molar-refractivity contribution in [1.29, 1.82) is 0 Å². The third kappa shape index (κ3) is 3.62. The number of hydrogen-bond acceptors (Lipinski definition) is 6. The lowest BCUT2D eigenvalue weighted by Gasteiger charge is -2.38. The van der Waals surface area contributed by atoms with E-state index in [0.29, 0.717) is 16.3 Å². The van der Waals surface area contributed by atoms with Gasteiger partial charge in [0.05, 0.1) is 24.7 Å². The Bertz CT molecular complexity index is 1300.